The average Bonchev–Trinajstić information content (AvgIpc) is 2.88. The Morgan fingerprint density at radius 2 is 1.39 bits per heavy atom. The summed E-state index contributed by atoms with van der Waals surface area (Å²) in [6.07, 6.45) is 2.46. The van der Waals surface area contributed by atoms with E-state index in [-0.39, 0.29) is 17.5 Å². The van der Waals surface area contributed by atoms with Crippen molar-refractivity contribution in [1.82, 2.24) is 0 Å². The fourth-order valence-corrected chi connectivity index (χ4v) is 5.66. The average molecular weight is 531 g/mol. The van der Waals surface area contributed by atoms with Crippen molar-refractivity contribution in [1.29, 1.82) is 0 Å². The molecule has 1 aliphatic rings. The zero-order valence-electron chi connectivity index (χ0n) is 21.6. The number of hydrogen-bond acceptors (Lipinski definition) is 0. The quantitative estimate of drug-likeness (QED) is 0.267. The Bertz CT molecular complexity index is 1240. The van der Waals surface area contributed by atoms with Crippen LogP contribution in [-0.4, -0.2) is 6.18 Å². The molecule has 3 aromatic rings. The van der Waals surface area contributed by atoms with Crippen LogP contribution in [0.5, 0.6) is 0 Å². The second-order valence-corrected chi connectivity index (χ2v) is 10.4. The Morgan fingerprint density at radius 1 is 0.789 bits per heavy atom. The first-order valence-electron chi connectivity index (χ1n) is 13.2. The predicted molar refractivity (Wildman–Crippen MR) is 141 cm³/mol. The maximum Gasteiger partial charge on any atom is 0.409 e. The molecule has 0 spiro atoms. The first-order chi connectivity index (χ1) is 18.1. The number of benzene rings is 3. The zero-order valence-corrected chi connectivity index (χ0v) is 21.6. The van der Waals surface area contributed by atoms with E-state index in [0.717, 1.165) is 42.4 Å². The van der Waals surface area contributed by atoms with E-state index in [2.05, 4.69) is 13.8 Å². The molecule has 202 valence electrons. The van der Waals surface area contributed by atoms with Gasteiger partial charge in [0.25, 0.3) is 0 Å². The highest BCUT2D eigenvalue weighted by Gasteiger charge is 2.26. The largest absolute Gasteiger partial charge is 0.409 e. The highest BCUT2D eigenvalue weighted by atomic mass is 19.4. The summed E-state index contributed by atoms with van der Waals surface area (Å²) in [4.78, 5) is 0. The maximum atomic E-state index is 15.1. The van der Waals surface area contributed by atoms with Gasteiger partial charge in [0.05, 0.1) is 0 Å². The van der Waals surface area contributed by atoms with Crippen molar-refractivity contribution < 1.29 is 26.3 Å². The molecule has 0 radical (unpaired) electrons. The van der Waals surface area contributed by atoms with E-state index in [1.807, 2.05) is 6.07 Å². The van der Waals surface area contributed by atoms with E-state index in [4.69, 9.17) is 0 Å². The Kier molecular flexibility index (Phi) is 8.69. The Hall–Kier alpha value is -3.02. The molecule has 6 heteroatoms. The van der Waals surface area contributed by atoms with Gasteiger partial charge in [-0.3, -0.25) is 0 Å². The van der Waals surface area contributed by atoms with Crippen LogP contribution in [0.3, 0.4) is 0 Å². The summed E-state index contributed by atoms with van der Waals surface area (Å²) >= 11 is 0. The van der Waals surface area contributed by atoms with Gasteiger partial charge in [-0.05, 0) is 90.0 Å². The van der Waals surface area contributed by atoms with Gasteiger partial charge in [-0.15, -0.1) is 0 Å². The van der Waals surface area contributed by atoms with Crippen molar-refractivity contribution in [3.05, 3.63) is 89.3 Å². The van der Waals surface area contributed by atoms with E-state index >= 15 is 4.39 Å². The molecule has 0 nitrogen and oxygen atoms in total. The molecule has 0 bridgehead atoms. The van der Waals surface area contributed by atoms with Crippen molar-refractivity contribution in [2.45, 2.75) is 64.5 Å². The molecule has 4 rings (SSSR count). The van der Waals surface area contributed by atoms with Crippen LogP contribution in [0, 0.1) is 29.3 Å². The van der Waals surface area contributed by atoms with Crippen molar-refractivity contribution in [3.8, 4) is 22.3 Å². The molecule has 0 aromatic heterocycles. The third-order valence-electron chi connectivity index (χ3n) is 7.83. The van der Waals surface area contributed by atoms with E-state index in [0.29, 0.717) is 28.7 Å². The van der Waals surface area contributed by atoms with Crippen LogP contribution in [0.15, 0.2) is 60.7 Å². The minimum atomic E-state index is -4.67. The lowest BCUT2D eigenvalue weighted by Crippen LogP contribution is -2.19. The monoisotopic (exact) mass is 530 g/mol. The lowest BCUT2D eigenvalue weighted by molar-refractivity contribution is -0.0790. The molecule has 1 aliphatic carbocycles. The van der Waals surface area contributed by atoms with Gasteiger partial charge in [-0.2, -0.15) is 13.2 Å². The van der Waals surface area contributed by atoms with Crippen LogP contribution in [0.25, 0.3) is 28.3 Å². The summed E-state index contributed by atoms with van der Waals surface area (Å²) in [5.41, 5.74) is 1.97. The second-order valence-electron chi connectivity index (χ2n) is 10.4. The molecule has 38 heavy (non-hydrogen) atoms. The van der Waals surface area contributed by atoms with Gasteiger partial charge in [-0.25, -0.2) is 13.2 Å². The van der Waals surface area contributed by atoms with Crippen molar-refractivity contribution >= 4 is 6.08 Å². The van der Waals surface area contributed by atoms with Crippen LogP contribution in [0.1, 0.15) is 69.4 Å². The van der Waals surface area contributed by atoms with Gasteiger partial charge < -0.3 is 0 Å². The topological polar surface area (TPSA) is 0 Å². The number of rotatable bonds is 7. The van der Waals surface area contributed by atoms with Crippen molar-refractivity contribution in [3.63, 3.8) is 0 Å². The molecule has 0 amide bonds. The summed E-state index contributed by atoms with van der Waals surface area (Å²) in [5.74, 6) is -0.650. The SMILES string of the molecule is CCCC(C)C1CCC(c2ccc(-c3ccc(-c4cc(F)c(/C=C/C(F)(F)F)c(F)c4)cc3)c(F)c2)CC1. The molecular weight excluding hydrogens is 498 g/mol. The first kappa shape index (κ1) is 28.0. The lowest BCUT2D eigenvalue weighted by atomic mass is 9.73. The van der Waals surface area contributed by atoms with E-state index in [9.17, 15) is 22.0 Å². The number of allylic oxidation sites excluding steroid dienone is 1. The summed E-state index contributed by atoms with van der Waals surface area (Å²) in [6.45, 7) is 4.56. The van der Waals surface area contributed by atoms with Crippen LogP contribution < -0.4 is 0 Å². The smallest absolute Gasteiger partial charge is 0.206 e. The van der Waals surface area contributed by atoms with Gasteiger partial charge in [-0.1, -0.05) is 63.1 Å². The van der Waals surface area contributed by atoms with Gasteiger partial charge >= 0.3 is 6.18 Å². The summed E-state index contributed by atoms with van der Waals surface area (Å²) in [7, 11) is 0. The summed E-state index contributed by atoms with van der Waals surface area (Å²) in [6, 6.07) is 13.9. The minimum Gasteiger partial charge on any atom is -0.206 e. The zero-order chi connectivity index (χ0) is 27.4. The highest BCUT2D eigenvalue weighted by Crippen LogP contribution is 2.41. The molecule has 3 aromatic carbocycles. The molecule has 1 saturated carbocycles. The highest BCUT2D eigenvalue weighted by molar-refractivity contribution is 5.72. The Labute approximate surface area is 220 Å². The van der Waals surface area contributed by atoms with Crippen LogP contribution in [-0.2, 0) is 0 Å². The Balaban J connectivity index is 1.47. The lowest BCUT2D eigenvalue weighted by Gasteiger charge is -2.32. The molecule has 0 heterocycles. The van der Waals surface area contributed by atoms with Crippen molar-refractivity contribution in [2.24, 2.45) is 11.8 Å². The number of hydrogen-bond donors (Lipinski definition) is 0. The number of alkyl halides is 3. The van der Waals surface area contributed by atoms with Crippen LogP contribution >= 0.6 is 0 Å². The third-order valence-corrected chi connectivity index (χ3v) is 7.83. The molecule has 0 aliphatic heterocycles. The van der Waals surface area contributed by atoms with Gasteiger partial charge in [0.1, 0.15) is 17.5 Å². The van der Waals surface area contributed by atoms with E-state index in [1.54, 1.807) is 36.4 Å². The molecule has 0 saturated heterocycles. The molecule has 1 atom stereocenters. The van der Waals surface area contributed by atoms with E-state index in [1.165, 1.54) is 25.7 Å². The maximum absolute atomic E-state index is 15.1. The van der Waals surface area contributed by atoms with Crippen LogP contribution in [0.4, 0.5) is 26.3 Å². The van der Waals surface area contributed by atoms with Gasteiger partial charge in [0, 0.05) is 17.2 Å². The molecular formula is C32H32F6. The number of halogens is 6. The molecule has 1 fully saturated rings. The molecule has 0 N–H and O–H groups in total. The van der Waals surface area contributed by atoms with Gasteiger partial charge in [0.2, 0.25) is 0 Å². The standard InChI is InChI=1S/C32H32F6/c1-3-4-20(2)21-5-7-22(8-6-21)25-13-14-27(29(33)17-25)24-11-9-23(10-12-24)26-18-30(34)28(31(35)19-26)15-16-32(36,37)38/h9-22H,3-8H2,1-2H3/b16-15+. The normalized spacial score (nSPS) is 19.2. The van der Waals surface area contributed by atoms with Gasteiger partial charge in [0.15, 0.2) is 0 Å². The van der Waals surface area contributed by atoms with Crippen LogP contribution in [0.2, 0.25) is 0 Å². The Morgan fingerprint density at radius 3 is 1.95 bits per heavy atom. The van der Waals surface area contributed by atoms with E-state index < -0.39 is 23.4 Å². The summed E-state index contributed by atoms with van der Waals surface area (Å²) in [5, 5.41) is 0. The summed E-state index contributed by atoms with van der Waals surface area (Å²) < 4.78 is 81.0. The predicted octanol–water partition coefficient (Wildman–Crippen LogP) is 10.7. The fraction of sp³-hybridized carbons (Fsp3) is 0.375. The minimum absolute atomic E-state index is 0.176. The first-order valence-corrected chi connectivity index (χ1v) is 13.2. The van der Waals surface area contributed by atoms with Crippen molar-refractivity contribution in [2.75, 3.05) is 0 Å². The fourth-order valence-electron chi connectivity index (χ4n) is 5.66. The third kappa shape index (κ3) is 6.69. The second kappa shape index (κ2) is 11.8. The molecule has 1 unspecified atom stereocenters.